The number of rotatable bonds is 5. The van der Waals surface area contributed by atoms with Gasteiger partial charge >= 0.3 is 5.69 Å². The predicted molar refractivity (Wildman–Crippen MR) is 63.8 cm³/mol. The van der Waals surface area contributed by atoms with E-state index in [2.05, 4.69) is 21.2 Å². The summed E-state index contributed by atoms with van der Waals surface area (Å²) in [6.07, 6.45) is 0.602. The first kappa shape index (κ1) is 14.5. The average molecular weight is 323 g/mol. The van der Waals surface area contributed by atoms with Crippen molar-refractivity contribution in [3.63, 3.8) is 0 Å². The molecule has 0 fully saturated rings. The second kappa shape index (κ2) is 6.39. The van der Waals surface area contributed by atoms with Crippen LogP contribution in [0.1, 0.15) is 16.8 Å². The normalized spacial score (nSPS) is 10.2. The van der Waals surface area contributed by atoms with E-state index in [1.807, 2.05) is 0 Å². The van der Waals surface area contributed by atoms with Crippen molar-refractivity contribution in [3.05, 3.63) is 39.4 Å². The van der Waals surface area contributed by atoms with Gasteiger partial charge in [-0.15, -0.1) is 0 Å². The first-order valence-electron chi connectivity index (χ1n) is 4.95. The Balaban J connectivity index is 3.01. The summed E-state index contributed by atoms with van der Waals surface area (Å²) in [5.41, 5.74) is -1.73. The van der Waals surface area contributed by atoms with Gasteiger partial charge in [0.25, 0.3) is 5.91 Å². The first-order chi connectivity index (χ1) is 8.47. The first-order valence-corrected chi connectivity index (χ1v) is 6.07. The molecule has 1 N–H and O–H groups in total. The van der Waals surface area contributed by atoms with Crippen LogP contribution in [0.25, 0.3) is 0 Å². The van der Waals surface area contributed by atoms with Gasteiger partial charge in [0.05, 0.1) is 16.6 Å². The molecule has 18 heavy (non-hydrogen) atoms. The fourth-order valence-electron chi connectivity index (χ4n) is 1.24. The third-order valence-corrected chi connectivity index (χ3v) is 2.62. The molecule has 0 saturated carbocycles. The van der Waals surface area contributed by atoms with E-state index in [1.54, 1.807) is 0 Å². The molecule has 5 nitrogen and oxygen atoms in total. The van der Waals surface area contributed by atoms with Gasteiger partial charge in [-0.2, -0.15) is 4.39 Å². The fourth-order valence-corrected chi connectivity index (χ4v) is 1.52. The van der Waals surface area contributed by atoms with E-state index >= 15 is 0 Å². The maximum absolute atomic E-state index is 13.6. The number of nitro groups is 1. The van der Waals surface area contributed by atoms with Crippen molar-refractivity contribution >= 4 is 27.5 Å². The van der Waals surface area contributed by atoms with E-state index < -0.39 is 33.7 Å². The summed E-state index contributed by atoms with van der Waals surface area (Å²) in [5, 5.41) is 13.4. The summed E-state index contributed by atoms with van der Waals surface area (Å²) in [5.74, 6) is -3.25. The van der Waals surface area contributed by atoms with E-state index in [1.165, 1.54) is 0 Å². The number of hydrogen-bond donors (Lipinski definition) is 1. The Morgan fingerprint density at radius 3 is 2.67 bits per heavy atom. The summed E-state index contributed by atoms with van der Waals surface area (Å²) < 4.78 is 26.6. The lowest BCUT2D eigenvalue weighted by molar-refractivity contribution is -0.387. The molecule has 1 rings (SSSR count). The van der Waals surface area contributed by atoms with Crippen molar-refractivity contribution in [1.82, 2.24) is 5.32 Å². The summed E-state index contributed by atoms with van der Waals surface area (Å²) >= 11 is 3.14. The van der Waals surface area contributed by atoms with Crippen molar-refractivity contribution in [2.24, 2.45) is 0 Å². The largest absolute Gasteiger partial charge is 0.352 e. The Bertz CT molecular complexity index is 482. The van der Waals surface area contributed by atoms with E-state index in [0.717, 1.165) is 0 Å². The van der Waals surface area contributed by atoms with Crippen LogP contribution in [-0.4, -0.2) is 22.7 Å². The molecule has 0 atom stereocenters. The van der Waals surface area contributed by atoms with E-state index in [4.69, 9.17) is 0 Å². The molecule has 0 unspecified atom stereocenters. The summed E-state index contributed by atoms with van der Waals surface area (Å²) in [4.78, 5) is 20.9. The maximum Gasteiger partial charge on any atom is 0.308 e. The third kappa shape index (κ3) is 3.46. The highest BCUT2D eigenvalue weighted by Gasteiger charge is 2.23. The average Bonchev–Trinajstić information content (AvgIpc) is 2.31. The van der Waals surface area contributed by atoms with Crippen LogP contribution in [0, 0.1) is 21.7 Å². The third-order valence-electron chi connectivity index (χ3n) is 2.06. The molecule has 1 aromatic carbocycles. The number of nitrogens with one attached hydrogen (secondary N) is 1. The molecule has 0 aliphatic rings. The summed E-state index contributed by atoms with van der Waals surface area (Å²) in [6, 6.07) is 1.07. The minimum Gasteiger partial charge on any atom is -0.352 e. The van der Waals surface area contributed by atoms with Gasteiger partial charge in [-0.1, -0.05) is 15.9 Å². The minimum absolute atomic E-state index is 0.258. The Morgan fingerprint density at radius 2 is 2.11 bits per heavy atom. The van der Waals surface area contributed by atoms with Gasteiger partial charge in [0.1, 0.15) is 5.82 Å². The maximum atomic E-state index is 13.6. The number of hydrogen-bond acceptors (Lipinski definition) is 3. The summed E-state index contributed by atoms with van der Waals surface area (Å²) in [7, 11) is 0. The fraction of sp³-hybridized carbons (Fsp3) is 0.300. The molecule has 1 aromatic rings. The van der Waals surface area contributed by atoms with Crippen LogP contribution in [0.4, 0.5) is 14.5 Å². The number of amides is 1. The van der Waals surface area contributed by atoms with Crippen LogP contribution in [0.3, 0.4) is 0 Å². The monoisotopic (exact) mass is 322 g/mol. The van der Waals surface area contributed by atoms with Crippen LogP contribution in [0.2, 0.25) is 0 Å². The quantitative estimate of drug-likeness (QED) is 0.391. The van der Waals surface area contributed by atoms with Crippen LogP contribution >= 0.6 is 15.9 Å². The van der Waals surface area contributed by atoms with Gasteiger partial charge in [0.15, 0.2) is 0 Å². The number of halogens is 3. The van der Waals surface area contributed by atoms with Gasteiger partial charge in [-0.05, 0) is 12.5 Å². The van der Waals surface area contributed by atoms with Gasteiger partial charge in [-0.3, -0.25) is 14.9 Å². The molecule has 0 saturated heterocycles. The molecule has 0 spiro atoms. The molecular formula is C10H9BrF2N2O3. The molecule has 0 heterocycles. The molecule has 0 radical (unpaired) electrons. The van der Waals surface area contributed by atoms with Crippen LogP contribution in [0.15, 0.2) is 12.1 Å². The van der Waals surface area contributed by atoms with Crippen molar-refractivity contribution in [1.29, 1.82) is 0 Å². The molecule has 8 heteroatoms. The minimum atomic E-state index is -1.34. The van der Waals surface area contributed by atoms with Crippen molar-refractivity contribution in [2.45, 2.75) is 6.42 Å². The lowest BCUT2D eigenvalue weighted by Gasteiger charge is -2.05. The number of alkyl halides is 1. The smallest absolute Gasteiger partial charge is 0.308 e. The predicted octanol–water partition coefficient (Wildman–Crippen LogP) is 2.39. The standard InChI is InChI=1S/C10H9BrF2N2O3/c11-2-1-3-14-10(16)7-4-6(12)5-8(9(7)13)15(17)18/h4-5H,1-3H2,(H,14,16). The topological polar surface area (TPSA) is 72.2 Å². The lowest BCUT2D eigenvalue weighted by Crippen LogP contribution is -2.26. The highest BCUT2D eigenvalue weighted by atomic mass is 79.9. The van der Waals surface area contributed by atoms with Gasteiger partial charge in [0.2, 0.25) is 5.82 Å². The number of carbonyl (C=O) groups is 1. The Labute approximate surface area is 109 Å². The molecular weight excluding hydrogens is 314 g/mol. The zero-order valence-corrected chi connectivity index (χ0v) is 10.7. The van der Waals surface area contributed by atoms with Crippen molar-refractivity contribution < 1.29 is 18.5 Å². The Hall–Kier alpha value is -1.57. The van der Waals surface area contributed by atoms with Crippen molar-refractivity contribution in [2.75, 3.05) is 11.9 Å². The SMILES string of the molecule is O=C(NCCCBr)c1cc(F)cc([N+](=O)[O-])c1F. The molecule has 1 amide bonds. The summed E-state index contributed by atoms with van der Waals surface area (Å²) in [6.45, 7) is 0.258. The second-order valence-electron chi connectivity index (χ2n) is 3.34. The number of nitrogens with zero attached hydrogens (tertiary/aromatic N) is 1. The zero-order valence-electron chi connectivity index (χ0n) is 9.08. The molecule has 0 bridgehead atoms. The second-order valence-corrected chi connectivity index (χ2v) is 4.14. The number of carbonyl (C=O) groups excluding carboxylic acids is 1. The van der Waals surface area contributed by atoms with E-state index in [-0.39, 0.29) is 6.54 Å². The van der Waals surface area contributed by atoms with Crippen molar-refractivity contribution in [3.8, 4) is 0 Å². The molecule has 0 aromatic heterocycles. The Morgan fingerprint density at radius 1 is 1.44 bits per heavy atom. The van der Waals surface area contributed by atoms with Crippen LogP contribution in [-0.2, 0) is 0 Å². The van der Waals surface area contributed by atoms with Crippen LogP contribution in [0.5, 0.6) is 0 Å². The van der Waals surface area contributed by atoms with E-state index in [9.17, 15) is 23.7 Å². The number of nitro benzene ring substituents is 1. The highest BCUT2D eigenvalue weighted by molar-refractivity contribution is 9.09. The van der Waals surface area contributed by atoms with Gasteiger partial charge in [-0.25, -0.2) is 4.39 Å². The number of benzene rings is 1. The molecule has 0 aliphatic carbocycles. The highest BCUT2D eigenvalue weighted by Crippen LogP contribution is 2.22. The van der Waals surface area contributed by atoms with Gasteiger partial charge < -0.3 is 5.32 Å². The zero-order chi connectivity index (χ0) is 13.7. The lowest BCUT2D eigenvalue weighted by atomic mass is 10.1. The van der Waals surface area contributed by atoms with Crippen LogP contribution < -0.4 is 5.32 Å². The molecule has 0 aliphatic heterocycles. The Kier molecular flexibility index (Phi) is 5.14. The van der Waals surface area contributed by atoms with Gasteiger partial charge in [0, 0.05) is 11.9 Å². The van der Waals surface area contributed by atoms with E-state index in [0.29, 0.717) is 23.9 Å². The molecule has 98 valence electrons.